The molecule has 2 heterocycles. The van der Waals surface area contributed by atoms with Gasteiger partial charge in [-0.05, 0) is 6.07 Å². The summed E-state index contributed by atoms with van der Waals surface area (Å²) in [5.41, 5.74) is 2.02. The van der Waals surface area contributed by atoms with Gasteiger partial charge in [0.2, 0.25) is 0 Å². The van der Waals surface area contributed by atoms with Crippen LogP contribution in [0.5, 0.6) is 0 Å². The van der Waals surface area contributed by atoms with Crippen LogP contribution in [0, 0.1) is 0 Å². The van der Waals surface area contributed by atoms with E-state index in [4.69, 9.17) is 16.4 Å². The highest BCUT2D eigenvalue weighted by atomic mass is 35.5. The molecule has 0 radical (unpaired) electrons. The van der Waals surface area contributed by atoms with Crippen molar-refractivity contribution < 1.29 is 18.0 Å². The van der Waals surface area contributed by atoms with Crippen molar-refractivity contribution in [2.75, 3.05) is 14.1 Å². The smallest absolute Gasteiger partial charge is 0.387 e. The van der Waals surface area contributed by atoms with Crippen molar-refractivity contribution in [3.05, 3.63) is 34.7 Å². The van der Waals surface area contributed by atoms with Crippen molar-refractivity contribution in [2.24, 2.45) is 4.99 Å². The predicted octanol–water partition coefficient (Wildman–Crippen LogP) is 2.53. The number of aliphatic imine (C=N–C) groups is 1. The summed E-state index contributed by atoms with van der Waals surface area (Å²) in [6.45, 7) is 0. The van der Waals surface area contributed by atoms with Crippen molar-refractivity contribution in [1.29, 1.82) is 0 Å². The summed E-state index contributed by atoms with van der Waals surface area (Å²) in [4.78, 5) is 12.9. The monoisotopic (exact) mass is 306 g/mol. The number of nitrogens with zero attached hydrogens (tertiary/aromatic N) is 3. The van der Waals surface area contributed by atoms with Crippen LogP contribution in [-0.4, -0.2) is 29.4 Å². The third-order valence-corrected chi connectivity index (χ3v) is 2.73. The molecule has 0 saturated carbocycles. The molecule has 0 unspecified atom stereocenters. The maximum absolute atomic E-state index is 12.7. The first kappa shape index (κ1) is 14.6. The molecule has 0 aliphatic rings. The number of rotatable bonds is 2. The first-order valence-electron chi connectivity index (χ1n) is 5.43. The number of imidazole rings is 1. The van der Waals surface area contributed by atoms with Crippen LogP contribution in [0.2, 0.25) is 5.02 Å². The van der Waals surface area contributed by atoms with Gasteiger partial charge in [-0.2, -0.15) is 18.7 Å². The van der Waals surface area contributed by atoms with Crippen molar-refractivity contribution in [2.45, 2.75) is 6.18 Å². The zero-order chi connectivity index (χ0) is 14.9. The number of hydrogen-bond acceptors (Lipinski definition) is 4. The molecule has 0 aliphatic carbocycles. The van der Waals surface area contributed by atoms with Gasteiger partial charge in [-0.3, -0.25) is 4.99 Å². The summed E-state index contributed by atoms with van der Waals surface area (Å²) >= 11 is 5.83. The summed E-state index contributed by atoms with van der Waals surface area (Å²) in [7, 11) is 3.00. The normalized spacial score (nSPS) is 13.0. The number of fused-ring (bicyclic) bond motifs is 1. The van der Waals surface area contributed by atoms with Gasteiger partial charge in [0, 0.05) is 26.5 Å². The van der Waals surface area contributed by atoms with E-state index in [0.29, 0.717) is 0 Å². The molecule has 0 saturated heterocycles. The molecule has 0 fully saturated rings. The van der Waals surface area contributed by atoms with Crippen LogP contribution in [-0.2, 0) is 11.0 Å². The number of aromatic nitrogens is 2. The number of hydrogen-bond donors (Lipinski definition) is 1. The Morgan fingerprint density at radius 3 is 2.70 bits per heavy atom. The van der Waals surface area contributed by atoms with E-state index in [1.54, 1.807) is 0 Å². The standard InChI is InChI=1S/C11H10ClF3N4O/c1-16-10(20-17-2)8-5-19-4-6(11(13,14)15)3-7(12)9(19)18-8/h3-5,17H,1-2H3. The van der Waals surface area contributed by atoms with Gasteiger partial charge in [0.05, 0.1) is 10.6 Å². The van der Waals surface area contributed by atoms with Crippen molar-refractivity contribution in [3.63, 3.8) is 0 Å². The third kappa shape index (κ3) is 2.70. The second kappa shape index (κ2) is 5.29. The van der Waals surface area contributed by atoms with Crippen molar-refractivity contribution in [3.8, 4) is 0 Å². The molecule has 108 valence electrons. The first-order chi connectivity index (χ1) is 9.36. The van der Waals surface area contributed by atoms with Gasteiger partial charge in [-0.15, -0.1) is 0 Å². The fourth-order valence-electron chi connectivity index (χ4n) is 1.62. The van der Waals surface area contributed by atoms with Crippen LogP contribution in [0.4, 0.5) is 13.2 Å². The lowest BCUT2D eigenvalue weighted by Crippen LogP contribution is -2.16. The Hall–Kier alpha value is -1.80. The van der Waals surface area contributed by atoms with Crippen molar-refractivity contribution >= 4 is 23.1 Å². The Morgan fingerprint density at radius 2 is 2.15 bits per heavy atom. The van der Waals surface area contributed by atoms with Gasteiger partial charge in [-0.25, -0.2) is 4.98 Å². The van der Waals surface area contributed by atoms with Gasteiger partial charge >= 0.3 is 6.18 Å². The molecule has 2 aromatic heterocycles. The summed E-state index contributed by atoms with van der Waals surface area (Å²) in [5, 5.41) is -0.106. The van der Waals surface area contributed by atoms with E-state index in [2.05, 4.69) is 15.5 Å². The fraction of sp³-hybridized carbons (Fsp3) is 0.273. The number of halogens is 4. The minimum Gasteiger partial charge on any atom is -0.387 e. The van der Waals surface area contributed by atoms with Gasteiger partial charge in [0.25, 0.3) is 5.90 Å². The van der Waals surface area contributed by atoms with E-state index < -0.39 is 11.7 Å². The summed E-state index contributed by atoms with van der Waals surface area (Å²) in [5.74, 6) is 0.140. The zero-order valence-electron chi connectivity index (χ0n) is 10.5. The molecule has 1 N–H and O–H groups in total. The maximum Gasteiger partial charge on any atom is 0.417 e. The predicted molar refractivity (Wildman–Crippen MR) is 67.8 cm³/mol. The Kier molecular flexibility index (Phi) is 3.87. The van der Waals surface area contributed by atoms with Gasteiger partial charge in [0.15, 0.2) is 5.65 Å². The average molecular weight is 307 g/mol. The van der Waals surface area contributed by atoms with E-state index in [1.807, 2.05) is 0 Å². The molecule has 20 heavy (non-hydrogen) atoms. The van der Waals surface area contributed by atoms with E-state index in [1.165, 1.54) is 24.7 Å². The molecule has 0 amide bonds. The topological polar surface area (TPSA) is 50.9 Å². The molecule has 0 aliphatic heterocycles. The van der Waals surface area contributed by atoms with Crippen LogP contribution in [0.1, 0.15) is 11.3 Å². The molecular weight excluding hydrogens is 297 g/mol. The Morgan fingerprint density at radius 1 is 1.45 bits per heavy atom. The van der Waals surface area contributed by atoms with Crippen LogP contribution >= 0.6 is 11.6 Å². The zero-order valence-corrected chi connectivity index (χ0v) is 11.2. The summed E-state index contributed by atoms with van der Waals surface area (Å²) < 4.78 is 39.3. The molecule has 2 aromatic rings. The second-order valence-electron chi connectivity index (χ2n) is 3.77. The molecule has 0 spiro atoms. The van der Waals surface area contributed by atoms with E-state index in [9.17, 15) is 13.2 Å². The first-order valence-corrected chi connectivity index (χ1v) is 5.80. The summed E-state index contributed by atoms with van der Waals surface area (Å²) in [6, 6.07) is 0.829. The number of nitrogens with one attached hydrogen (secondary N) is 1. The van der Waals surface area contributed by atoms with Gasteiger partial charge in [0.1, 0.15) is 5.69 Å². The SMILES string of the molecule is CN=C(ONC)c1cn2cc(C(F)(F)F)cc(Cl)c2n1. The lowest BCUT2D eigenvalue weighted by Gasteiger charge is -2.07. The molecule has 0 aromatic carbocycles. The number of pyridine rings is 1. The van der Waals surface area contributed by atoms with Crippen LogP contribution < -0.4 is 5.48 Å². The number of alkyl halides is 3. The average Bonchev–Trinajstić information content (AvgIpc) is 2.79. The minimum atomic E-state index is -4.48. The molecule has 0 bridgehead atoms. The van der Waals surface area contributed by atoms with Gasteiger partial charge < -0.3 is 9.24 Å². The highest BCUT2D eigenvalue weighted by Crippen LogP contribution is 2.32. The largest absolute Gasteiger partial charge is 0.417 e. The molecule has 0 atom stereocenters. The van der Waals surface area contributed by atoms with E-state index in [-0.39, 0.29) is 22.3 Å². The highest BCUT2D eigenvalue weighted by Gasteiger charge is 2.32. The molecule has 9 heteroatoms. The minimum absolute atomic E-state index is 0.106. The highest BCUT2D eigenvalue weighted by molar-refractivity contribution is 6.33. The Balaban J connectivity index is 2.57. The van der Waals surface area contributed by atoms with E-state index in [0.717, 1.165) is 12.3 Å². The van der Waals surface area contributed by atoms with Crippen molar-refractivity contribution in [1.82, 2.24) is 14.9 Å². The second-order valence-corrected chi connectivity index (χ2v) is 4.17. The van der Waals surface area contributed by atoms with Crippen LogP contribution in [0.15, 0.2) is 23.5 Å². The fourth-order valence-corrected chi connectivity index (χ4v) is 1.88. The van der Waals surface area contributed by atoms with Gasteiger partial charge in [-0.1, -0.05) is 11.6 Å². The lowest BCUT2D eigenvalue weighted by atomic mass is 10.3. The lowest BCUT2D eigenvalue weighted by molar-refractivity contribution is -0.137. The summed E-state index contributed by atoms with van der Waals surface area (Å²) in [6.07, 6.45) is -2.22. The van der Waals surface area contributed by atoms with Crippen LogP contribution in [0.3, 0.4) is 0 Å². The molecule has 2 rings (SSSR count). The maximum atomic E-state index is 12.7. The Labute approximate surface area is 117 Å². The van der Waals surface area contributed by atoms with E-state index >= 15 is 0 Å². The molecular formula is C11H10ClF3N4O. The third-order valence-electron chi connectivity index (χ3n) is 2.45. The quantitative estimate of drug-likeness (QED) is 0.527. The molecule has 5 nitrogen and oxygen atoms in total. The van der Waals surface area contributed by atoms with Crippen LogP contribution in [0.25, 0.3) is 5.65 Å². The number of hydroxylamine groups is 1. The Bertz CT molecular complexity index is 665.